The van der Waals surface area contributed by atoms with Gasteiger partial charge in [0, 0.05) is 43.6 Å². The van der Waals surface area contributed by atoms with Crippen LogP contribution in [0.3, 0.4) is 0 Å². The highest BCUT2D eigenvalue weighted by Crippen LogP contribution is 2.22. The number of aryl methyl sites for hydroxylation is 3. The Kier molecular flexibility index (Phi) is 4.79. The van der Waals surface area contributed by atoms with E-state index in [4.69, 9.17) is 0 Å². The molecule has 124 valence electrons. The average Bonchev–Trinajstić information content (AvgIpc) is 3.14. The average molecular weight is 315 g/mol. The molecule has 1 saturated heterocycles. The first-order valence-corrected chi connectivity index (χ1v) is 8.38. The summed E-state index contributed by atoms with van der Waals surface area (Å²) < 4.78 is 1.90. The number of likely N-dealkylation sites (tertiary alicyclic amines) is 1. The molecule has 0 radical (unpaired) electrons. The van der Waals surface area contributed by atoms with Crippen LogP contribution < -0.4 is 0 Å². The first-order valence-electron chi connectivity index (χ1n) is 8.38. The molecule has 2 aromatic heterocycles. The van der Waals surface area contributed by atoms with Gasteiger partial charge in [-0.05, 0) is 50.7 Å². The molecule has 0 spiro atoms. The number of nitrogens with one attached hydrogen (secondary N) is 1. The summed E-state index contributed by atoms with van der Waals surface area (Å²) in [6, 6.07) is 1.97. The van der Waals surface area contributed by atoms with Crippen LogP contribution in [0.15, 0.2) is 18.5 Å². The number of hydrogen-bond donors (Lipinski definition) is 1. The van der Waals surface area contributed by atoms with Crippen LogP contribution >= 0.6 is 0 Å². The minimum Gasteiger partial charge on any atom is -0.342 e. The first kappa shape index (κ1) is 15.8. The van der Waals surface area contributed by atoms with Gasteiger partial charge in [-0.3, -0.25) is 14.6 Å². The number of carbonyl (C=O) groups is 1. The van der Waals surface area contributed by atoms with Gasteiger partial charge in [0.1, 0.15) is 0 Å². The zero-order valence-electron chi connectivity index (χ0n) is 14.0. The quantitative estimate of drug-likeness (QED) is 0.919. The van der Waals surface area contributed by atoms with Crippen LogP contribution in [0.2, 0.25) is 0 Å². The minimum absolute atomic E-state index is 0.242. The Labute approximate surface area is 136 Å². The van der Waals surface area contributed by atoms with Gasteiger partial charge < -0.3 is 4.90 Å². The Morgan fingerprint density at radius 2 is 2.30 bits per heavy atom. The predicted molar refractivity (Wildman–Crippen MR) is 87.9 cm³/mol. The van der Waals surface area contributed by atoms with Crippen molar-refractivity contribution >= 4 is 5.91 Å². The molecule has 6 nitrogen and oxygen atoms in total. The van der Waals surface area contributed by atoms with Crippen LogP contribution in [0.1, 0.15) is 36.2 Å². The Bertz CT molecular complexity index is 659. The molecule has 1 N–H and O–H groups in total. The Hall–Kier alpha value is -2.11. The van der Waals surface area contributed by atoms with Crippen molar-refractivity contribution in [2.75, 3.05) is 13.1 Å². The summed E-state index contributed by atoms with van der Waals surface area (Å²) in [4.78, 5) is 14.5. The summed E-state index contributed by atoms with van der Waals surface area (Å²) in [7, 11) is 0. The molecular formula is C17H25N5O. The normalized spacial score (nSPS) is 18.3. The monoisotopic (exact) mass is 315 g/mol. The van der Waals surface area contributed by atoms with E-state index in [9.17, 15) is 4.79 Å². The molecule has 1 atom stereocenters. The summed E-state index contributed by atoms with van der Waals surface area (Å²) in [5.41, 5.74) is 3.52. The molecule has 1 amide bonds. The molecule has 0 bridgehead atoms. The topological polar surface area (TPSA) is 66.8 Å². The van der Waals surface area contributed by atoms with Crippen molar-refractivity contribution < 1.29 is 4.79 Å². The number of nitrogens with zero attached hydrogens (tertiary/aromatic N) is 4. The van der Waals surface area contributed by atoms with E-state index in [1.165, 1.54) is 17.7 Å². The molecule has 0 aliphatic carbocycles. The van der Waals surface area contributed by atoms with Gasteiger partial charge >= 0.3 is 0 Å². The van der Waals surface area contributed by atoms with Crippen LogP contribution in [-0.2, 0) is 17.8 Å². The van der Waals surface area contributed by atoms with Crippen molar-refractivity contribution in [3.05, 3.63) is 35.4 Å². The number of carbonyl (C=O) groups excluding carboxylic acids is 1. The van der Waals surface area contributed by atoms with Gasteiger partial charge in [0.2, 0.25) is 5.91 Å². The number of aromatic amines is 1. The summed E-state index contributed by atoms with van der Waals surface area (Å²) >= 11 is 0. The van der Waals surface area contributed by atoms with Crippen molar-refractivity contribution in [3.8, 4) is 0 Å². The Morgan fingerprint density at radius 3 is 3.00 bits per heavy atom. The minimum atomic E-state index is 0.242. The van der Waals surface area contributed by atoms with Crippen LogP contribution in [-0.4, -0.2) is 43.9 Å². The van der Waals surface area contributed by atoms with Crippen LogP contribution in [0.5, 0.6) is 0 Å². The molecule has 3 heterocycles. The van der Waals surface area contributed by atoms with Crippen molar-refractivity contribution in [1.82, 2.24) is 24.9 Å². The highest BCUT2D eigenvalue weighted by atomic mass is 16.2. The van der Waals surface area contributed by atoms with Gasteiger partial charge in [0.25, 0.3) is 0 Å². The lowest BCUT2D eigenvalue weighted by atomic mass is 9.92. The maximum atomic E-state index is 12.5. The molecule has 0 unspecified atom stereocenters. The van der Waals surface area contributed by atoms with E-state index in [0.29, 0.717) is 18.9 Å². The van der Waals surface area contributed by atoms with Gasteiger partial charge in [-0.1, -0.05) is 0 Å². The zero-order chi connectivity index (χ0) is 16.2. The van der Waals surface area contributed by atoms with Crippen molar-refractivity contribution in [2.24, 2.45) is 5.92 Å². The molecule has 1 fully saturated rings. The highest BCUT2D eigenvalue weighted by Gasteiger charge is 2.24. The van der Waals surface area contributed by atoms with Gasteiger partial charge in [-0.2, -0.15) is 10.2 Å². The lowest BCUT2D eigenvalue weighted by molar-refractivity contribution is -0.133. The Morgan fingerprint density at radius 1 is 1.43 bits per heavy atom. The summed E-state index contributed by atoms with van der Waals surface area (Å²) in [6.45, 7) is 6.50. The van der Waals surface area contributed by atoms with E-state index in [0.717, 1.165) is 31.6 Å². The van der Waals surface area contributed by atoms with E-state index in [-0.39, 0.29) is 5.91 Å². The second-order valence-electron chi connectivity index (χ2n) is 6.53. The first-order chi connectivity index (χ1) is 11.1. The third kappa shape index (κ3) is 3.81. The molecule has 3 rings (SSSR count). The van der Waals surface area contributed by atoms with Gasteiger partial charge in [0.05, 0.1) is 6.20 Å². The SMILES string of the molecule is Cc1cn[nH]c1C[C@@H]1CCCN(C(=O)CCn2nccc2C)C1. The second-order valence-corrected chi connectivity index (χ2v) is 6.53. The zero-order valence-corrected chi connectivity index (χ0v) is 14.0. The molecule has 0 saturated carbocycles. The predicted octanol–water partition coefficient (Wildman–Crippen LogP) is 2.09. The summed E-state index contributed by atoms with van der Waals surface area (Å²) in [5.74, 6) is 0.768. The van der Waals surface area contributed by atoms with E-state index < -0.39 is 0 Å². The molecular weight excluding hydrogens is 290 g/mol. The third-order valence-electron chi connectivity index (χ3n) is 4.76. The number of rotatable bonds is 5. The lowest BCUT2D eigenvalue weighted by Gasteiger charge is -2.33. The lowest BCUT2D eigenvalue weighted by Crippen LogP contribution is -2.41. The molecule has 1 aliphatic rings. The van der Waals surface area contributed by atoms with E-state index in [2.05, 4.69) is 22.2 Å². The second kappa shape index (κ2) is 6.98. The highest BCUT2D eigenvalue weighted by molar-refractivity contribution is 5.76. The molecule has 1 aliphatic heterocycles. The fourth-order valence-corrected chi connectivity index (χ4v) is 3.32. The largest absolute Gasteiger partial charge is 0.342 e. The molecule has 23 heavy (non-hydrogen) atoms. The third-order valence-corrected chi connectivity index (χ3v) is 4.76. The maximum Gasteiger partial charge on any atom is 0.224 e. The van der Waals surface area contributed by atoms with Crippen molar-refractivity contribution in [1.29, 1.82) is 0 Å². The number of piperidine rings is 1. The molecule has 2 aromatic rings. The number of H-pyrrole nitrogens is 1. The van der Waals surface area contributed by atoms with Crippen LogP contribution in [0, 0.1) is 19.8 Å². The van der Waals surface area contributed by atoms with Crippen molar-refractivity contribution in [2.45, 2.75) is 46.1 Å². The smallest absolute Gasteiger partial charge is 0.224 e. The number of hydrogen-bond acceptors (Lipinski definition) is 3. The van der Waals surface area contributed by atoms with Gasteiger partial charge in [-0.25, -0.2) is 0 Å². The fraction of sp³-hybridized carbons (Fsp3) is 0.588. The van der Waals surface area contributed by atoms with E-state index in [1.807, 2.05) is 28.8 Å². The van der Waals surface area contributed by atoms with Gasteiger partial charge in [-0.15, -0.1) is 0 Å². The van der Waals surface area contributed by atoms with Crippen molar-refractivity contribution in [3.63, 3.8) is 0 Å². The molecule has 0 aromatic carbocycles. The molecule has 6 heteroatoms. The van der Waals surface area contributed by atoms with Crippen LogP contribution in [0.25, 0.3) is 0 Å². The fourth-order valence-electron chi connectivity index (χ4n) is 3.32. The van der Waals surface area contributed by atoms with E-state index >= 15 is 0 Å². The summed E-state index contributed by atoms with van der Waals surface area (Å²) in [6.07, 6.45) is 7.42. The summed E-state index contributed by atoms with van der Waals surface area (Å²) in [5, 5.41) is 11.4. The van der Waals surface area contributed by atoms with Gasteiger partial charge in [0.15, 0.2) is 0 Å². The van der Waals surface area contributed by atoms with Crippen LogP contribution in [0.4, 0.5) is 0 Å². The number of amides is 1. The Balaban J connectivity index is 1.52. The number of aromatic nitrogens is 4. The standard InChI is InChI=1S/C17H25N5O/c1-13-11-18-20-16(13)10-15-4-3-8-21(12-15)17(23)6-9-22-14(2)5-7-19-22/h5,7,11,15H,3-4,6,8-10,12H2,1-2H3,(H,18,20)/t15-/m0/s1. The van der Waals surface area contributed by atoms with E-state index in [1.54, 1.807) is 6.20 Å². The maximum absolute atomic E-state index is 12.5.